The SMILES string of the molecule is CC(C)C[C@H](N)C(=O)NC1CCN(CCOC(C)C)CC1.Cl.Cl. The zero-order valence-electron chi connectivity index (χ0n) is 14.9. The minimum absolute atomic E-state index is 0. The van der Waals surface area contributed by atoms with Gasteiger partial charge in [-0.25, -0.2) is 0 Å². The highest BCUT2D eigenvalue weighted by molar-refractivity contribution is 5.85. The highest BCUT2D eigenvalue weighted by atomic mass is 35.5. The third-order valence-corrected chi connectivity index (χ3v) is 3.85. The molecule has 7 heteroatoms. The number of carbonyl (C=O) groups is 1. The van der Waals surface area contributed by atoms with E-state index in [0.717, 1.165) is 45.5 Å². The largest absolute Gasteiger partial charge is 0.377 e. The van der Waals surface area contributed by atoms with Crippen molar-refractivity contribution in [2.45, 2.75) is 65.1 Å². The number of ether oxygens (including phenoxy) is 1. The average molecular weight is 372 g/mol. The number of halogens is 2. The lowest BCUT2D eigenvalue weighted by molar-refractivity contribution is -0.123. The second-order valence-electron chi connectivity index (χ2n) is 6.78. The van der Waals surface area contributed by atoms with Crippen molar-refractivity contribution in [3.8, 4) is 0 Å². The maximum atomic E-state index is 12.0. The molecule has 5 nitrogen and oxygen atoms in total. The van der Waals surface area contributed by atoms with Gasteiger partial charge in [-0.05, 0) is 39.0 Å². The smallest absolute Gasteiger partial charge is 0.237 e. The number of likely N-dealkylation sites (tertiary alicyclic amines) is 1. The van der Waals surface area contributed by atoms with Crippen molar-refractivity contribution < 1.29 is 9.53 Å². The molecule has 140 valence electrons. The van der Waals surface area contributed by atoms with Crippen LogP contribution >= 0.6 is 24.8 Å². The molecule has 0 spiro atoms. The van der Waals surface area contributed by atoms with Crippen molar-refractivity contribution in [3.05, 3.63) is 0 Å². The fraction of sp³-hybridized carbons (Fsp3) is 0.938. The van der Waals surface area contributed by atoms with Crippen LogP contribution < -0.4 is 11.1 Å². The number of amides is 1. The molecule has 1 amide bonds. The Bertz CT molecular complexity index is 310. The molecule has 0 saturated carbocycles. The molecule has 1 heterocycles. The molecular weight excluding hydrogens is 337 g/mol. The predicted molar refractivity (Wildman–Crippen MR) is 101 cm³/mol. The first-order valence-electron chi connectivity index (χ1n) is 8.28. The number of rotatable bonds is 8. The minimum atomic E-state index is -0.373. The van der Waals surface area contributed by atoms with E-state index >= 15 is 0 Å². The summed E-state index contributed by atoms with van der Waals surface area (Å²) in [6.07, 6.45) is 3.05. The Labute approximate surface area is 153 Å². The number of hydrogen-bond donors (Lipinski definition) is 2. The van der Waals surface area contributed by atoms with Crippen molar-refractivity contribution in [1.29, 1.82) is 0 Å². The van der Waals surface area contributed by atoms with E-state index in [1.54, 1.807) is 0 Å². The number of nitrogens with two attached hydrogens (primary N) is 1. The Morgan fingerprint density at radius 3 is 2.26 bits per heavy atom. The highest BCUT2D eigenvalue weighted by Gasteiger charge is 2.23. The zero-order chi connectivity index (χ0) is 15.8. The number of hydrogen-bond acceptors (Lipinski definition) is 4. The Morgan fingerprint density at radius 2 is 1.78 bits per heavy atom. The molecule has 0 aliphatic carbocycles. The topological polar surface area (TPSA) is 67.6 Å². The number of piperidine rings is 1. The van der Waals surface area contributed by atoms with Crippen LogP contribution in [0.5, 0.6) is 0 Å². The lowest BCUT2D eigenvalue weighted by Gasteiger charge is -2.33. The van der Waals surface area contributed by atoms with Gasteiger partial charge in [0.15, 0.2) is 0 Å². The second-order valence-corrected chi connectivity index (χ2v) is 6.78. The average Bonchev–Trinajstić information content (AvgIpc) is 2.39. The van der Waals surface area contributed by atoms with E-state index in [2.05, 4.69) is 37.9 Å². The Balaban J connectivity index is 0. The zero-order valence-corrected chi connectivity index (χ0v) is 16.5. The second kappa shape index (κ2) is 13.2. The van der Waals surface area contributed by atoms with Crippen LogP contribution in [0.15, 0.2) is 0 Å². The van der Waals surface area contributed by atoms with Gasteiger partial charge in [-0.15, -0.1) is 24.8 Å². The van der Waals surface area contributed by atoms with Gasteiger partial charge in [0, 0.05) is 25.7 Å². The fourth-order valence-electron chi connectivity index (χ4n) is 2.64. The Morgan fingerprint density at radius 1 is 1.22 bits per heavy atom. The first kappa shape index (κ1) is 25.2. The number of carbonyl (C=O) groups excluding carboxylic acids is 1. The summed E-state index contributed by atoms with van der Waals surface area (Å²) in [5.41, 5.74) is 5.92. The molecule has 0 unspecified atom stereocenters. The molecule has 1 saturated heterocycles. The van der Waals surface area contributed by atoms with Gasteiger partial charge in [0.1, 0.15) is 0 Å². The lowest BCUT2D eigenvalue weighted by Crippen LogP contribution is -2.50. The summed E-state index contributed by atoms with van der Waals surface area (Å²) in [7, 11) is 0. The summed E-state index contributed by atoms with van der Waals surface area (Å²) in [5, 5.41) is 3.10. The van der Waals surface area contributed by atoms with Gasteiger partial charge >= 0.3 is 0 Å². The van der Waals surface area contributed by atoms with Crippen LogP contribution in [0.4, 0.5) is 0 Å². The van der Waals surface area contributed by atoms with E-state index < -0.39 is 0 Å². The lowest BCUT2D eigenvalue weighted by atomic mass is 10.0. The summed E-state index contributed by atoms with van der Waals surface area (Å²) in [6.45, 7) is 12.1. The van der Waals surface area contributed by atoms with Crippen molar-refractivity contribution >= 4 is 30.7 Å². The van der Waals surface area contributed by atoms with Crippen molar-refractivity contribution in [2.24, 2.45) is 11.7 Å². The van der Waals surface area contributed by atoms with Gasteiger partial charge in [0.25, 0.3) is 0 Å². The van der Waals surface area contributed by atoms with Gasteiger partial charge in [0.05, 0.1) is 18.8 Å². The molecule has 0 radical (unpaired) electrons. The highest BCUT2D eigenvalue weighted by Crippen LogP contribution is 2.11. The van der Waals surface area contributed by atoms with E-state index in [1.165, 1.54) is 0 Å². The van der Waals surface area contributed by atoms with E-state index in [4.69, 9.17) is 10.5 Å². The van der Waals surface area contributed by atoms with Crippen LogP contribution in [0.1, 0.15) is 47.0 Å². The van der Waals surface area contributed by atoms with E-state index in [-0.39, 0.29) is 42.8 Å². The molecule has 3 N–H and O–H groups in total. The maximum absolute atomic E-state index is 12.0. The van der Waals surface area contributed by atoms with Crippen LogP contribution in [0, 0.1) is 5.92 Å². The van der Waals surface area contributed by atoms with E-state index in [1.807, 2.05) is 0 Å². The van der Waals surface area contributed by atoms with Gasteiger partial charge in [-0.2, -0.15) is 0 Å². The third-order valence-electron chi connectivity index (χ3n) is 3.85. The molecule has 0 aromatic rings. The summed E-state index contributed by atoms with van der Waals surface area (Å²) in [4.78, 5) is 14.4. The molecule has 0 aromatic carbocycles. The summed E-state index contributed by atoms with van der Waals surface area (Å²) >= 11 is 0. The first-order valence-corrected chi connectivity index (χ1v) is 8.28. The molecule has 1 atom stereocenters. The van der Waals surface area contributed by atoms with Crippen LogP contribution in [-0.4, -0.2) is 55.2 Å². The summed E-state index contributed by atoms with van der Waals surface area (Å²) in [5.74, 6) is 0.457. The van der Waals surface area contributed by atoms with Crippen molar-refractivity contribution in [1.82, 2.24) is 10.2 Å². The van der Waals surface area contributed by atoms with Crippen LogP contribution in [0.25, 0.3) is 0 Å². The molecule has 1 aliphatic heterocycles. The maximum Gasteiger partial charge on any atom is 0.237 e. The number of nitrogens with one attached hydrogen (secondary N) is 1. The van der Waals surface area contributed by atoms with Gasteiger partial charge in [-0.3, -0.25) is 4.79 Å². The minimum Gasteiger partial charge on any atom is -0.377 e. The molecule has 1 fully saturated rings. The quantitative estimate of drug-likeness (QED) is 0.686. The predicted octanol–water partition coefficient (Wildman–Crippen LogP) is 2.21. The summed E-state index contributed by atoms with van der Waals surface area (Å²) in [6, 6.07) is -0.0968. The van der Waals surface area contributed by atoms with Gasteiger partial charge in [-0.1, -0.05) is 13.8 Å². The summed E-state index contributed by atoms with van der Waals surface area (Å²) < 4.78 is 5.58. The molecule has 1 aliphatic rings. The monoisotopic (exact) mass is 371 g/mol. The Kier molecular flexibility index (Phi) is 14.5. The molecule has 0 bridgehead atoms. The Hall–Kier alpha value is -0.0700. The molecule has 1 rings (SSSR count). The van der Waals surface area contributed by atoms with E-state index in [9.17, 15) is 4.79 Å². The first-order chi connectivity index (χ1) is 9.88. The molecule has 0 aromatic heterocycles. The molecule has 23 heavy (non-hydrogen) atoms. The van der Waals surface area contributed by atoms with Crippen molar-refractivity contribution in [2.75, 3.05) is 26.2 Å². The fourth-order valence-corrected chi connectivity index (χ4v) is 2.64. The number of nitrogens with zero attached hydrogens (tertiary/aromatic N) is 1. The van der Waals surface area contributed by atoms with Crippen molar-refractivity contribution in [3.63, 3.8) is 0 Å². The normalized spacial score (nSPS) is 17.5. The van der Waals surface area contributed by atoms with E-state index in [0.29, 0.717) is 12.0 Å². The van der Waals surface area contributed by atoms with Crippen LogP contribution in [-0.2, 0) is 9.53 Å². The third kappa shape index (κ3) is 11.2. The van der Waals surface area contributed by atoms with Gasteiger partial charge in [0.2, 0.25) is 5.91 Å². The standard InChI is InChI=1S/C16H33N3O2.2ClH/c1-12(2)11-15(17)16(20)18-14-5-7-19(8-6-14)9-10-21-13(3)4;;/h12-15H,5-11,17H2,1-4H3,(H,18,20);2*1H/t15-;;/m0../s1. The van der Waals surface area contributed by atoms with Crippen LogP contribution in [0.3, 0.4) is 0 Å². The molecular formula is C16H35Cl2N3O2. The van der Waals surface area contributed by atoms with Gasteiger partial charge < -0.3 is 20.7 Å². The van der Waals surface area contributed by atoms with Crippen LogP contribution in [0.2, 0.25) is 0 Å².